The third-order valence-corrected chi connectivity index (χ3v) is 4.46. The molecule has 1 N–H and O–H groups in total. The van der Waals surface area contributed by atoms with Crippen LogP contribution in [-0.4, -0.2) is 23.3 Å². The summed E-state index contributed by atoms with van der Waals surface area (Å²) in [6.07, 6.45) is -4.45. The van der Waals surface area contributed by atoms with Crippen LogP contribution in [0.1, 0.15) is 31.9 Å². The zero-order valence-corrected chi connectivity index (χ0v) is 16.0. The van der Waals surface area contributed by atoms with Gasteiger partial charge in [-0.05, 0) is 50.6 Å². The Labute approximate surface area is 162 Å². The molecule has 2 aromatic rings. The van der Waals surface area contributed by atoms with E-state index in [1.54, 1.807) is 4.90 Å². The number of benzene rings is 2. The third kappa shape index (κ3) is 5.12. The van der Waals surface area contributed by atoms with Gasteiger partial charge in [0.05, 0.1) is 5.56 Å². The van der Waals surface area contributed by atoms with E-state index >= 15 is 0 Å². The van der Waals surface area contributed by atoms with Crippen molar-refractivity contribution in [2.24, 2.45) is 5.41 Å². The Balaban J connectivity index is 2.10. The molecule has 0 aliphatic rings. The number of halogens is 3. The highest BCUT2D eigenvalue weighted by atomic mass is 19.4. The maximum Gasteiger partial charge on any atom is 0.416 e. The highest BCUT2D eigenvalue weighted by Crippen LogP contribution is 2.30. The fourth-order valence-corrected chi connectivity index (χ4v) is 2.65. The van der Waals surface area contributed by atoms with Crippen molar-refractivity contribution in [1.82, 2.24) is 4.90 Å². The highest BCUT2D eigenvalue weighted by molar-refractivity contribution is 6.09. The van der Waals surface area contributed by atoms with E-state index in [0.717, 1.165) is 17.7 Å². The first-order chi connectivity index (χ1) is 13.1. The summed E-state index contributed by atoms with van der Waals surface area (Å²) in [6.45, 7) is 5.62. The summed E-state index contributed by atoms with van der Waals surface area (Å²) in [5, 5.41) is 2.53. The molecule has 0 atom stereocenters. The molecular formula is C21H23F3N2O2. The molecule has 2 amide bonds. The SMILES string of the molecule is CCN(Cc1ccccc1)C(=O)C(C)(C)C(=O)Nc1ccc(C(F)(F)F)cc1. The Morgan fingerprint density at radius 1 is 0.964 bits per heavy atom. The largest absolute Gasteiger partial charge is 0.416 e. The minimum Gasteiger partial charge on any atom is -0.338 e. The number of nitrogens with one attached hydrogen (secondary N) is 1. The molecule has 0 unspecified atom stereocenters. The van der Waals surface area contributed by atoms with E-state index in [-0.39, 0.29) is 11.6 Å². The number of carbonyl (C=O) groups excluding carboxylic acids is 2. The van der Waals surface area contributed by atoms with Gasteiger partial charge in [-0.3, -0.25) is 9.59 Å². The van der Waals surface area contributed by atoms with Gasteiger partial charge in [-0.15, -0.1) is 0 Å². The summed E-state index contributed by atoms with van der Waals surface area (Å²) in [5.41, 5.74) is -1.05. The molecule has 2 aromatic carbocycles. The first-order valence-corrected chi connectivity index (χ1v) is 8.87. The smallest absolute Gasteiger partial charge is 0.338 e. The van der Waals surface area contributed by atoms with E-state index in [1.807, 2.05) is 37.3 Å². The van der Waals surface area contributed by atoms with Crippen molar-refractivity contribution < 1.29 is 22.8 Å². The first-order valence-electron chi connectivity index (χ1n) is 8.87. The number of hydrogen-bond acceptors (Lipinski definition) is 2. The zero-order valence-electron chi connectivity index (χ0n) is 16.0. The minimum atomic E-state index is -4.45. The normalized spacial score (nSPS) is 11.8. The lowest BCUT2D eigenvalue weighted by Gasteiger charge is -2.30. The van der Waals surface area contributed by atoms with E-state index in [9.17, 15) is 22.8 Å². The summed E-state index contributed by atoms with van der Waals surface area (Å²) < 4.78 is 37.9. The number of carbonyl (C=O) groups is 2. The third-order valence-electron chi connectivity index (χ3n) is 4.46. The van der Waals surface area contributed by atoms with E-state index in [1.165, 1.54) is 26.0 Å². The number of rotatable bonds is 6. The minimum absolute atomic E-state index is 0.199. The van der Waals surface area contributed by atoms with Gasteiger partial charge in [0.1, 0.15) is 5.41 Å². The van der Waals surface area contributed by atoms with Gasteiger partial charge in [0.15, 0.2) is 0 Å². The number of hydrogen-bond donors (Lipinski definition) is 1. The zero-order chi connectivity index (χ0) is 20.9. The predicted octanol–water partition coefficient (Wildman–Crippen LogP) is 4.72. The molecule has 0 aliphatic carbocycles. The molecule has 0 aliphatic heterocycles. The second-order valence-corrected chi connectivity index (χ2v) is 6.96. The van der Waals surface area contributed by atoms with Crippen LogP contribution in [0.3, 0.4) is 0 Å². The first kappa shape index (κ1) is 21.5. The summed E-state index contributed by atoms with van der Waals surface area (Å²) in [7, 11) is 0. The number of nitrogens with zero attached hydrogens (tertiary/aromatic N) is 1. The standard InChI is InChI=1S/C21H23F3N2O2/c1-4-26(14-15-8-6-5-7-9-15)19(28)20(2,3)18(27)25-17-12-10-16(11-13-17)21(22,23)24/h5-13H,4,14H2,1-3H3,(H,25,27). The van der Waals surface area contributed by atoms with Crippen LogP contribution in [0, 0.1) is 5.41 Å². The Kier molecular flexibility index (Phi) is 6.48. The summed E-state index contributed by atoms with van der Waals surface area (Å²) in [6, 6.07) is 13.5. The lowest BCUT2D eigenvalue weighted by Crippen LogP contribution is -2.47. The predicted molar refractivity (Wildman–Crippen MR) is 101 cm³/mol. The van der Waals surface area contributed by atoms with Crippen LogP contribution in [-0.2, 0) is 22.3 Å². The molecule has 0 spiro atoms. The highest BCUT2D eigenvalue weighted by Gasteiger charge is 2.39. The van der Waals surface area contributed by atoms with Crippen molar-refractivity contribution in [2.45, 2.75) is 33.5 Å². The van der Waals surface area contributed by atoms with Crippen LogP contribution in [0.5, 0.6) is 0 Å². The number of alkyl halides is 3. The summed E-state index contributed by atoms with van der Waals surface area (Å²) in [5.74, 6) is -0.938. The molecule has 28 heavy (non-hydrogen) atoms. The maximum absolute atomic E-state index is 12.9. The van der Waals surface area contributed by atoms with Crippen molar-refractivity contribution in [1.29, 1.82) is 0 Å². The van der Waals surface area contributed by atoms with Crippen LogP contribution in [0.15, 0.2) is 54.6 Å². The molecule has 0 saturated carbocycles. The molecule has 7 heteroatoms. The van der Waals surface area contributed by atoms with E-state index in [0.29, 0.717) is 13.1 Å². The number of anilines is 1. The molecule has 0 fully saturated rings. The van der Waals surface area contributed by atoms with Crippen LogP contribution >= 0.6 is 0 Å². The molecule has 0 bridgehead atoms. The van der Waals surface area contributed by atoms with Crippen LogP contribution in [0.25, 0.3) is 0 Å². The van der Waals surface area contributed by atoms with Crippen molar-refractivity contribution in [2.75, 3.05) is 11.9 Å². The molecule has 4 nitrogen and oxygen atoms in total. The average molecular weight is 392 g/mol. The Bertz CT molecular complexity index is 816. The van der Waals surface area contributed by atoms with Gasteiger partial charge in [-0.1, -0.05) is 30.3 Å². The fourth-order valence-electron chi connectivity index (χ4n) is 2.65. The van der Waals surface area contributed by atoms with Gasteiger partial charge in [-0.2, -0.15) is 13.2 Å². The molecule has 0 heterocycles. The molecular weight excluding hydrogens is 369 g/mol. The second-order valence-electron chi connectivity index (χ2n) is 6.96. The van der Waals surface area contributed by atoms with Gasteiger partial charge in [-0.25, -0.2) is 0 Å². The Morgan fingerprint density at radius 2 is 1.54 bits per heavy atom. The second kappa shape index (κ2) is 8.46. The average Bonchev–Trinajstić information content (AvgIpc) is 2.66. The van der Waals surface area contributed by atoms with Crippen LogP contribution in [0.2, 0.25) is 0 Å². The Hall–Kier alpha value is -2.83. The lowest BCUT2D eigenvalue weighted by molar-refractivity contribution is -0.146. The maximum atomic E-state index is 12.9. The molecule has 0 aromatic heterocycles. The summed E-state index contributed by atoms with van der Waals surface area (Å²) >= 11 is 0. The van der Waals surface area contributed by atoms with Crippen LogP contribution in [0.4, 0.5) is 18.9 Å². The number of amides is 2. The molecule has 0 radical (unpaired) electrons. The topological polar surface area (TPSA) is 49.4 Å². The van der Waals surface area contributed by atoms with Crippen molar-refractivity contribution in [3.05, 3.63) is 65.7 Å². The van der Waals surface area contributed by atoms with Gasteiger partial charge in [0.25, 0.3) is 0 Å². The van der Waals surface area contributed by atoms with Gasteiger partial charge >= 0.3 is 6.18 Å². The van der Waals surface area contributed by atoms with E-state index in [4.69, 9.17) is 0 Å². The molecule has 0 saturated heterocycles. The van der Waals surface area contributed by atoms with Crippen LogP contribution < -0.4 is 5.32 Å². The van der Waals surface area contributed by atoms with E-state index in [2.05, 4.69) is 5.32 Å². The van der Waals surface area contributed by atoms with Crippen molar-refractivity contribution in [3.8, 4) is 0 Å². The monoisotopic (exact) mass is 392 g/mol. The van der Waals surface area contributed by atoms with Gasteiger partial charge < -0.3 is 10.2 Å². The lowest BCUT2D eigenvalue weighted by atomic mass is 9.89. The Morgan fingerprint density at radius 3 is 2.04 bits per heavy atom. The quantitative estimate of drug-likeness (QED) is 0.724. The summed E-state index contributed by atoms with van der Waals surface area (Å²) in [4.78, 5) is 27.2. The van der Waals surface area contributed by atoms with Gasteiger partial charge in [0.2, 0.25) is 11.8 Å². The van der Waals surface area contributed by atoms with Crippen molar-refractivity contribution >= 4 is 17.5 Å². The van der Waals surface area contributed by atoms with Crippen molar-refractivity contribution in [3.63, 3.8) is 0 Å². The fraction of sp³-hybridized carbons (Fsp3) is 0.333. The van der Waals surface area contributed by atoms with E-state index < -0.39 is 23.1 Å². The molecule has 2 rings (SSSR count). The van der Waals surface area contributed by atoms with Gasteiger partial charge in [0, 0.05) is 18.8 Å². The molecule has 150 valence electrons.